The van der Waals surface area contributed by atoms with Gasteiger partial charge in [0, 0.05) is 18.3 Å². The van der Waals surface area contributed by atoms with Crippen molar-refractivity contribution in [2.45, 2.75) is 26.0 Å². The van der Waals surface area contributed by atoms with Crippen LogP contribution in [0.1, 0.15) is 24.3 Å². The molecule has 90 valence electrons. The zero-order valence-electron chi connectivity index (χ0n) is 9.67. The van der Waals surface area contributed by atoms with E-state index in [9.17, 15) is 9.90 Å². The van der Waals surface area contributed by atoms with E-state index in [4.69, 9.17) is 10.5 Å². The SMILES string of the molecule is CCOC(=O)C(N)C(O)c1cnn(C)c1C. The number of aliphatic hydroxyl groups is 1. The number of aryl methyl sites for hydroxylation is 1. The van der Waals surface area contributed by atoms with Crippen LogP contribution in [0.25, 0.3) is 0 Å². The van der Waals surface area contributed by atoms with Gasteiger partial charge in [-0.25, -0.2) is 0 Å². The monoisotopic (exact) mass is 227 g/mol. The van der Waals surface area contributed by atoms with Gasteiger partial charge in [-0.05, 0) is 13.8 Å². The normalized spacial score (nSPS) is 14.6. The fraction of sp³-hybridized carbons (Fsp3) is 0.600. The minimum Gasteiger partial charge on any atom is -0.465 e. The molecule has 0 saturated heterocycles. The summed E-state index contributed by atoms with van der Waals surface area (Å²) in [7, 11) is 1.75. The Balaban J connectivity index is 2.81. The van der Waals surface area contributed by atoms with Gasteiger partial charge in [-0.1, -0.05) is 0 Å². The van der Waals surface area contributed by atoms with E-state index in [1.165, 1.54) is 6.20 Å². The quantitative estimate of drug-likeness (QED) is 0.686. The fourth-order valence-electron chi connectivity index (χ4n) is 1.37. The van der Waals surface area contributed by atoms with Crippen molar-refractivity contribution in [2.75, 3.05) is 6.61 Å². The number of carbonyl (C=O) groups excluding carboxylic acids is 1. The van der Waals surface area contributed by atoms with Crippen molar-refractivity contribution in [3.8, 4) is 0 Å². The highest BCUT2D eigenvalue weighted by Gasteiger charge is 2.27. The Bertz CT molecular complexity index is 375. The second kappa shape index (κ2) is 5.09. The van der Waals surface area contributed by atoms with Gasteiger partial charge in [-0.2, -0.15) is 5.10 Å². The van der Waals surface area contributed by atoms with E-state index in [1.807, 2.05) is 0 Å². The second-order valence-corrected chi connectivity index (χ2v) is 3.53. The Kier molecular flexibility index (Phi) is 4.03. The third-order valence-electron chi connectivity index (χ3n) is 2.49. The Morgan fingerprint density at radius 1 is 1.75 bits per heavy atom. The molecule has 16 heavy (non-hydrogen) atoms. The number of carbonyl (C=O) groups is 1. The van der Waals surface area contributed by atoms with E-state index in [1.54, 1.807) is 25.6 Å². The molecule has 1 heterocycles. The molecule has 0 saturated carbocycles. The molecule has 0 aliphatic heterocycles. The molecular formula is C10H17N3O3. The summed E-state index contributed by atoms with van der Waals surface area (Å²) in [5, 5.41) is 13.9. The maximum atomic E-state index is 11.3. The van der Waals surface area contributed by atoms with E-state index < -0.39 is 18.1 Å². The van der Waals surface area contributed by atoms with Gasteiger partial charge in [0.2, 0.25) is 0 Å². The van der Waals surface area contributed by atoms with Gasteiger partial charge in [-0.3, -0.25) is 9.48 Å². The summed E-state index contributed by atoms with van der Waals surface area (Å²) < 4.78 is 6.35. The summed E-state index contributed by atoms with van der Waals surface area (Å²) in [6.07, 6.45) is 0.409. The number of ether oxygens (including phenoxy) is 1. The van der Waals surface area contributed by atoms with Crippen LogP contribution in [0.3, 0.4) is 0 Å². The van der Waals surface area contributed by atoms with Crippen LogP contribution in [0.2, 0.25) is 0 Å². The Morgan fingerprint density at radius 2 is 2.38 bits per heavy atom. The van der Waals surface area contributed by atoms with Crippen molar-refractivity contribution in [3.63, 3.8) is 0 Å². The van der Waals surface area contributed by atoms with Crippen LogP contribution in [0.15, 0.2) is 6.20 Å². The van der Waals surface area contributed by atoms with Crippen LogP contribution >= 0.6 is 0 Å². The lowest BCUT2D eigenvalue weighted by molar-refractivity contribution is -0.147. The number of esters is 1. The molecule has 0 aromatic carbocycles. The number of nitrogens with zero attached hydrogens (tertiary/aromatic N) is 2. The Morgan fingerprint density at radius 3 is 2.81 bits per heavy atom. The number of rotatable bonds is 4. The van der Waals surface area contributed by atoms with Crippen LogP contribution in [0, 0.1) is 6.92 Å². The van der Waals surface area contributed by atoms with Gasteiger partial charge < -0.3 is 15.6 Å². The third-order valence-corrected chi connectivity index (χ3v) is 2.49. The molecule has 1 aromatic rings. The maximum absolute atomic E-state index is 11.3. The average molecular weight is 227 g/mol. The largest absolute Gasteiger partial charge is 0.465 e. The standard InChI is InChI=1S/C10H17N3O3/c1-4-16-10(15)8(11)9(14)7-5-12-13(3)6(7)2/h5,8-9,14H,4,11H2,1-3H3. The first kappa shape index (κ1) is 12.7. The van der Waals surface area contributed by atoms with Gasteiger partial charge in [0.15, 0.2) is 0 Å². The number of aliphatic hydroxyl groups excluding tert-OH is 1. The molecule has 6 nitrogen and oxygen atoms in total. The van der Waals surface area contributed by atoms with Gasteiger partial charge in [0.25, 0.3) is 0 Å². The predicted molar refractivity (Wildman–Crippen MR) is 57.5 cm³/mol. The number of hydrogen-bond donors (Lipinski definition) is 2. The molecule has 1 aromatic heterocycles. The van der Waals surface area contributed by atoms with Crippen molar-refractivity contribution >= 4 is 5.97 Å². The molecule has 0 spiro atoms. The first-order chi connectivity index (χ1) is 7.49. The molecule has 0 aliphatic carbocycles. The molecule has 0 radical (unpaired) electrons. The van der Waals surface area contributed by atoms with Crippen molar-refractivity contribution in [1.29, 1.82) is 0 Å². The zero-order valence-corrected chi connectivity index (χ0v) is 9.67. The van der Waals surface area contributed by atoms with Crippen LogP contribution in [-0.2, 0) is 16.6 Å². The van der Waals surface area contributed by atoms with Crippen LogP contribution in [0.5, 0.6) is 0 Å². The van der Waals surface area contributed by atoms with Crippen molar-refractivity contribution < 1.29 is 14.6 Å². The molecule has 0 amide bonds. The number of aromatic nitrogens is 2. The lowest BCUT2D eigenvalue weighted by atomic mass is 10.0. The smallest absolute Gasteiger partial charge is 0.325 e. The summed E-state index contributed by atoms with van der Waals surface area (Å²) in [6.45, 7) is 3.72. The summed E-state index contributed by atoms with van der Waals surface area (Å²) >= 11 is 0. The molecule has 6 heteroatoms. The topological polar surface area (TPSA) is 90.4 Å². The summed E-state index contributed by atoms with van der Waals surface area (Å²) in [4.78, 5) is 11.3. The average Bonchev–Trinajstić information content (AvgIpc) is 2.58. The van der Waals surface area contributed by atoms with Gasteiger partial charge in [-0.15, -0.1) is 0 Å². The number of hydrogen-bond acceptors (Lipinski definition) is 5. The van der Waals surface area contributed by atoms with E-state index in [0.717, 1.165) is 5.69 Å². The van der Waals surface area contributed by atoms with E-state index in [2.05, 4.69) is 5.10 Å². The second-order valence-electron chi connectivity index (χ2n) is 3.53. The molecule has 0 aliphatic rings. The van der Waals surface area contributed by atoms with Gasteiger partial charge in [0.1, 0.15) is 12.1 Å². The lowest BCUT2D eigenvalue weighted by Gasteiger charge is -2.16. The number of nitrogens with two attached hydrogens (primary N) is 1. The summed E-state index contributed by atoms with van der Waals surface area (Å²) in [5.41, 5.74) is 6.91. The highest BCUT2D eigenvalue weighted by molar-refractivity contribution is 5.76. The van der Waals surface area contributed by atoms with Crippen molar-refractivity contribution in [3.05, 3.63) is 17.5 Å². The molecule has 2 unspecified atom stereocenters. The summed E-state index contributed by atoms with van der Waals surface area (Å²) in [5.74, 6) is -0.613. The molecule has 2 atom stereocenters. The molecular weight excluding hydrogens is 210 g/mol. The minimum absolute atomic E-state index is 0.241. The molecule has 0 bridgehead atoms. The maximum Gasteiger partial charge on any atom is 0.325 e. The molecule has 3 N–H and O–H groups in total. The van der Waals surface area contributed by atoms with E-state index in [-0.39, 0.29) is 6.61 Å². The molecule has 1 rings (SSSR count). The highest BCUT2D eigenvalue weighted by atomic mass is 16.5. The highest BCUT2D eigenvalue weighted by Crippen LogP contribution is 2.19. The molecule has 0 fully saturated rings. The first-order valence-corrected chi connectivity index (χ1v) is 5.07. The zero-order chi connectivity index (χ0) is 12.3. The van der Waals surface area contributed by atoms with Gasteiger partial charge >= 0.3 is 5.97 Å². The third kappa shape index (κ3) is 2.40. The van der Waals surface area contributed by atoms with Crippen LogP contribution in [0.4, 0.5) is 0 Å². The summed E-state index contributed by atoms with van der Waals surface area (Å²) in [6, 6.07) is -1.08. The van der Waals surface area contributed by atoms with E-state index >= 15 is 0 Å². The Labute approximate surface area is 94.0 Å². The van der Waals surface area contributed by atoms with Crippen LogP contribution < -0.4 is 5.73 Å². The van der Waals surface area contributed by atoms with Crippen LogP contribution in [-0.4, -0.2) is 33.5 Å². The Hall–Kier alpha value is -1.40. The van der Waals surface area contributed by atoms with Crippen molar-refractivity contribution in [2.24, 2.45) is 12.8 Å². The fourth-order valence-corrected chi connectivity index (χ4v) is 1.37. The first-order valence-electron chi connectivity index (χ1n) is 5.07. The van der Waals surface area contributed by atoms with E-state index in [0.29, 0.717) is 5.56 Å². The predicted octanol–water partition coefficient (Wildman–Crippen LogP) is -0.348. The van der Waals surface area contributed by atoms with Gasteiger partial charge in [0.05, 0.1) is 12.8 Å². The lowest BCUT2D eigenvalue weighted by Crippen LogP contribution is -2.38. The minimum atomic E-state index is -1.09. The van der Waals surface area contributed by atoms with Crippen molar-refractivity contribution in [1.82, 2.24) is 9.78 Å².